The number of thiophene rings is 1. The molecule has 1 rings (SSSR count). The van der Waals surface area contributed by atoms with E-state index in [0.29, 0.717) is 13.0 Å². The van der Waals surface area contributed by atoms with Crippen LogP contribution in [0.4, 0.5) is 0 Å². The van der Waals surface area contributed by atoms with Gasteiger partial charge in [-0.05, 0) is 17.9 Å². The molecule has 0 spiro atoms. The molecule has 0 aliphatic carbocycles. The molecule has 0 aliphatic heterocycles. The molecule has 1 heterocycles. The fourth-order valence-corrected chi connectivity index (χ4v) is 2.12. The Hall–Kier alpha value is -1.11. The second kappa shape index (κ2) is 9.77. The monoisotopic (exact) mass is 306 g/mol. The van der Waals surface area contributed by atoms with Gasteiger partial charge in [-0.25, -0.2) is 0 Å². The van der Waals surface area contributed by atoms with Crippen molar-refractivity contribution >= 4 is 35.6 Å². The van der Waals surface area contributed by atoms with Gasteiger partial charge < -0.3 is 10.4 Å². The van der Waals surface area contributed by atoms with E-state index in [0.717, 1.165) is 11.3 Å². The predicted molar refractivity (Wildman–Crippen MR) is 77.7 cm³/mol. The molecule has 19 heavy (non-hydrogen) atoms. The fraction of sp³-hybridized carbons (Fsp3) is 0.500. The summed E-state index contributed by atoms with van der Waals surface area (Å²) in [4.78, 5) is 23.4. The van der Waals surface area contributed by atoms with E-state index in [9.17, 15) is 9.59 Å². The summed E-state index contributed by atoms with van der Waals surface area (Å²) in [6.07, 6.45) is 1.29. The van der Waals surface area contributed by atoms with Crippen LogP contribution in [-0.2, 0) is 16.1 Å². The van der Waals surface area contributed by atoms with Gasteiger partial charge in [0.05, 0.1) is 13.1 Å². The summed E-state index contributed by atoms with van der Waals surface area (Å²) >= 11 is 1.57. The lowest BCUT2D eigenvalue weighted by molar-refractivity contribution is -0.139. The Labute approximate surface area is 122 Å². The lowest BCUT2D eigenvalue weighted by Gasteiger charge is -2.13. The molecule has 5 nitrogen and oxygen atoms in total. The van der Waals surface area contributed by atoms with E-state index in [-0.39, 0.29) is 24.9 Å². The molecule has 1 unspecified atom stereocenters. The second-order valence-electron chi connectivity index (χ2n) is 3.92. The van der Waals surface area contributed by atoms with Crippen molar-refractivity contribution in [2.24, 2.45) is 0 Å². The quantitative estimate of drug-likeness (QED) is 0.682. The average molecular weight is 307 g/mol. The lowest BCUT2D eigenvalue weighted by Crippen LogP contribution is -2.42. The van der Waals surface area contributed by atoms with Gasteiger partial charge >= 0.3 is 5.97 Å². The molecule has 0 fully saturated rings. The highest BCUT2D eigenvalue weighted by Crippen LogP contribution is 2.07. The number of carboxylic acids is 1. The van der Waals surface area contributed by atoms with Gasteiger partial charge in [-0.2, -0.15) is 0 Å². The van der Waals surface area contributed by atoms with Gasteiger partial charge in [0.1, 0.15) is 6.04 Å². The molecule has 1 atom stereocenters. The Morgan fingerprint density at radius 1 is 1.47 bits per heavy atom. The zero-order valence-electron chi connectivity index (χ0n) is 10.7. The van der Waals surface area contributed by atoms with Crippen molar-refractivity contribution in [2.75, 3.05) is 6.54 Å². The molecule has 0 saturated heterocycles. The summed E-state index contributed by atoms with van der Waals surface area (Å²) in [7, 11) is 0. The van der Waals surface area contributed by atoms with E-state index in [4.69, 9.17) is 5.11 Å². The van der Waals surface area contributed by atoms with Crippen LogP contribution in [0.1, 0.15) is 24.6 Å². The standard InChI is InChI=1S/C12H18N2O3S.ClH/c1-2-4-10(12(16)17)13-8-11(15)14-7-9-5-3-6-18-9;/h3,5-6,10,13H,2,4,7-8H2,1H3,(H,14,15)(H,16,17);1H. The van der Waals surface area contributed by atoms with Crippen LogP contribution in [0.25, 0.3) is 0 Å². The molecule has 0 aromatic carbocycles. The van der Waals surface area contributed by atoms with E-state index in [1.165, 1.54) is 0 Å². The summed E-state index contributed by atoms with van der Waals surface area (Å²) < 4.78 is 0. The van der Waals surface area contributed by atoms with Crippen LogP contribution in [0, 0.1) is 0 Å². The SMILES string of the molecule is CCCC(NCC(=O)NCc1cccs1)C(=O)O.Cl. The second-order valence-corrected chi connectivity index (χ2v) is 4.95. The van der Waals surface area contributed by atoms with Gasteiger partial charge in [0, 0.05) is 4.88 Å². The Kier molecular flexibility index (Phi) is 9.20. The Morgan fingerprint density at radius 2 is 2.21 bits per heavy atom. The predicted octanol–water partition coefficient (Wildman–Crippen LogP) is 1.63. The maximum absolute atomic E-state index is 11.5. The minimum atomic E-state index is -0.914. The van der Waals surface area contributed by atoms with E-state index in [1.807, 2.05) is 24.4 Å². The maximum Gasteiger partial charge on any atom is 0.320 e. The van der Waals surface area contributed by atoms with E-state index in [1.54, 1.807) is 11.3 Å². The smallest absolute Gasteiger partial charge is 0.320 e. The molecule has 7 heteroatoms. The first kappa shape index (κ1) is 17.9. The first-order valence-electron chi connectivity index (χ1n) is 5.88. The highest BCUT2D eigenvalue weighted by Gasteiger charge is 2.16. The van der Waals surface area contributed by atoms with Crippen molar-refractivity contribution in [1.82, 2.24) is 10.6 Å². The number of carboxylic acid groups (broad SMARTS) is 1. The van der Waals surface area contributed by atoms with Crippen molar-refractivity contribution < 1.29 is 14.7 Å². The van der Waals surface area contributed by atoms with Gasteiger partial charge in [-0.1, -0.05) is 19.4 Å². The molecular formula is C12H19ClN2O3S. The summed E-state index contributed by atoms with van der Waals surface area (Å²) in [5.74, 6) is -1.10. The number of hydrogen-bond donors (Lipinski definition) is 3. The van der Waals surface area contributed by atoms with Crippen LogP contribution in [0.3, 0.4) is 0 Å². The molecule has 0 aliphatic rings. The average Bonchev–Trinajstić information content (AvgIpc) is 2.84. The summed E-state index contributed by atoms with van der Waals surface area (Å²) in [6, 6.07) is 3.21. The van der Waals surface area contributed by atoms with Crippen LogP contribution >= 0.6 is 23.7 Å². The normalized spacial score (nSPS) is 11.4. The third-order valence-electron chi connectivity index (χ3n) is 2.42. The van der Waals surface area contributed by atoms with E-state index in [2.05, 4.69) is 10.6 Å². The van der Waals surface area contributed by atoms with Crippen LogP contribution in [0.15, 0.2) is 17.5 Å². The van der Waals surface area contributed by atoms with Gasteiger partial charge in [0.25, 0.3) is 0 Å². The van der Waals surface area contributed by atoms with E-state index < -0.39 is 12.0 Å². The van der Waals surface area contributed by atoms with Crippen LogP contribution in [0.2, 0.25) is 0 Å². The van der Waals surface area contributed by atoms with Crippen molar-refractivity contribution in [2.45, 2.75) is 32.4 Å². The van der Waals surface area contributed by atoms with Crippen LogP contribution in [0.5, 0.6) is 0 Å². The number of carbonyl (C=O) groups excluding carboxylic acids is 1. The van der Waals surface area contributed by atoms with Gasteiger partial charge in [0.15, 0.2) is 0 Å². The molecule has 0 bridgehead atoms. The van der Waals surface area contributed by atoms with Crippen LogP contribution in [-0.4, -0.2) is 29.6 Å². The summed E-state index contributed by atoms with van der Waals surface area (Å²) in [6.45, 7) is 2.43. The maximum atomic E-state index is 11.5. The molecule has 0 radical (unpaired) electrons. The lowest BCUT2D eigenvalue weighted by atomic mass is 10.2. The van der Waals surface area contributed by atoms with Gasteiger partial charge in [-0.15, -0.1) is 23.7 Å². The Bertz CT molecular complexity index is 384. The van der Waals surface area contributed by atoms with Gasteiger partial charge in [0.2, 0.25) is 5.91 Å². The molecule has 3 N–H and O–H groups in total. The first-order chi connectivity index (χ1) is 8.63. The van der Waals surface area contributed by atoms with Crippen molar-refractivity contribution in [3.63, 3.8) is 0 Å². The molecule has 1 aromatic rings. The van der Waals surface area contributed by atoms with Crippen molar-refractivity contribution in [3.8, 4) is 0 Å². The number of halogens is 1. The van der Waals surface area contributed by atoms with Crippen molar-refractivity contribution in [3.05, 3.63) is 22.4 Å². The number of rotatable bonds is 8. The molecule has 0 saturated carbocycles. The third kappa shape index (κ3) is 7.15. The number of carbonyl (C=O) groups is 2. The molecule has 1 amide bonds. The Morgan fingerprint density at radius 3 is 2.74 bits per heavy atom. The fourth-order valence-electron chi connectivity index (χ4n) is 1.48. The highest BCUT2D eigenvalue weighted by molar-refractivity contribution is 7.09. The topological polar surface area (TPSA) is 78.4 Å². The number of nitrogens with one attached hydrogen (secondary N) is 2. The highest BCUT2D eigenvalue weighted by atomic mass is 35.5. The molecule has 1 aromatic heterocycles. The molecular weight excluding hydrogens is 288 g/mol. The van der Waals surface area contributed by atoms with Crippen LogP contribution < -0.4 is 10.6 Å². The zero-order chi connectivity index (χ0) is 13.4. The molecule has 108 valence electrons. The number of aliphatic carboxylic acids is 1. The minimum Gasteiger partial charge on any atom is -0.480 e. The van der Waals surface area contributed by atoms with Crippen molar-refractivity contribution in [1.29, 1.82) is 0 Å². The zero-order valence-corrected chi connectivity index (χ0v) is 12.4. The Balaban J connectivity index is 0.00000324. The number of hydrogen-bond acceptors (Lipinski definition) is 4. The largest absolute Gasteiger partial charge is 0.480 e. The number of amides is 1. The summed E-state index contributed by atoms with van der Waals surface area (Å²) in [5, 5.41) is 16.3. The summed E-state index contributed by atoms with van der Waals surface area (Å²) in [5.41, 5.74) is 0. The minimum absolute atomic E-state index is 0. The first-order valence-corrected chi connectivity index (χ1v) is 6.76. The van der Waals surface area contributed by atoms with Gasteiger partial charge in [-0.3, -0.25) is 14.9 Å². The third-order valence-corrected chi connectivity index (χ3v) is 3.30. The van der Waals surface area contributed by atoms with E-state index >= 15 is 0 Å².